The van der Waals surface area contributed by atoms with Gasteiger partial charge >= 0.3 is 0 Å². The van der Waals surface area contributed by atoms with E-state index in [1.807, 2.05) is 0 Å². The van der Waals surface area contributed by atoms with E-state index in [0.29, 0.717) is 24.3 Å². The Bertz CT molecular complexity index is 889. The predicted molar refractivity (Wildman–Crippen MR) is 179 cm³/mol. The molecule has 2 amide bonds. The van der Waals surface area contributed by atoms with E-state index >= 15 is 0 Å². The minimum atomic E-state index is -0.579. The smallest absolute Gasteiger partial charge is 0.261 e. The highest BCUT2D eigenvalue weighted by atomic mass is 16.7. The number of hydrogen-bond acceptors (Lipinski definition) is 4. The van der Waals surface area contributed by atoms with Crippen molar-refractivity contribution in [3.05, 3.63) is 59.7 Å². The maximum atomic E-state index is 12.9. The molecule has 242 valence electrons. The lowest BCUT2D eigenvalue weighted by Crippen LogP contribution is -2.39. The van der Waals surface area contributed by atoms with Gasteiger partial charge in [0.1, 0.15) is 0 Å². The van der Waals surface area contributed by atoms with Crippen molar-refractivity contribution >= 4 is 11.8 Å². The Morgan fingerprint density at radius 3 is 1.51 bits per heavy atom. The second-order valence-electron chi connectivity index (χ2n) is 12.0. The molecule has 1 atom stereocenters. The fraction of sp³-hybridized carbons (Fsp3) is 0.684. The van der Waals surface area contributed by atoms with E-state index in [1.54, 1.807) is 24.3 Å². The van der Waals surface area contributed by atoms with Crippen LogP contribution in [0, 0.1) is 0 Å². The zero-order valence-corrected chi connectivity index (χ0v) is 27.5. The van der Waals surface area contributed by atoms with Crippen LogP contribution in [0.1, 0.15) is 163 Å². The minimum absolute atomic E-state index is 0.144. The van der Waals surface area contributed by atoms with Gasteiger partial charge in [-0.15, -0.1) is 0 Å². The number of carbonyl (C=O) groups excluding carboxylic acids is 2. The van der Waals surface area contributed by atoms with Crippen LogP contribution in [0.15, 0.2) is 48.6 Å². The monoisotopic (exact) mass is 595 g/mol. The van der Waals surface area contributed by atoms with Crippen molar-refractivity contribution in [1.29, 1.82) is 0 Å². The molecule has 0 saturated heterocycles. The largest absolute Gasteiger partial charge is 0.351 e. The molecule has 1 aliphatic rings. The van der Waals surface area contributed by atoms with Gasteiger partial charge in [-0.1, -0.05) is 134 Å². The summed E-state index contributed by atoms with van der Waals surface area (Å²) in [5.74, 6) is -0.503. The summed E-state index contributed by atoms with van der Waals surface area (Å²) >= 11 is 0. The fourth-order valence-corrected chi connectivity index (χ4v) is 5.46. The maximum absolute atomic E-state index is 12.9. The standard InChI is InChI=1S/C38H61NO4/c1-3-5-7-9-11-13-14-15-16-17-18-19-20-22-24-28-32-43-36(42-31-27-23-21-12-10-8-6-4-2)33-39-37(40)34-29-25-26-30-35(34)38(39)41/h11,13,15-16,25-26,29-30,36H,3-10,12,14,17-24,27-28,31-33H2,1-2H3/b13-11-,16-15-. The van der Waals surface area contributed by atoms with E-state index in [9.17, 15) is 9.59 Å². The molecule has 43 heavy (non-hydrogen) atoms. The Labute approximate surface area is 263 Å². The van der Waals surface area contributed by atoms with Crippen molar-refractivity contribution < 1.29 is 19.1 Å². The molecule has 0 spiro atoms. The average molecular weight is 596 g/mol. The third-order valence-electron chi connectivity index (χ3n) is 8.16. The lowest BCUT2D eigenvalue weighted by molar-refractivity contribution is -0.148. The van der Waals surface area contributed by atoms with Gasteiger partial charge in [0.25, 0.3) is 11.8 Å². The van der Waals surface area contributed by atoms with Crippen molar-refractivity contribution in [1.82, 2.24) is 4.90 Å². The van der Waals surface area contributed by atoms with Gasteiger partial charge < -0.3 is 9.47 Å². The molecular weight excluding hydrogens is 534 g/mol. The van der Waals surface area contributed by atoms with Gasteiger partial charge in [0.05, 0.1) is 17.7 Å². The molecule has 5 nitrogen and oxygen atoms in total. The van der Waals surface area contributed by atoms with Gasteiger partial charge in [-0.3, -0.25) is 14.5 Å². The summed E-state index contributed by atoms with van der Waals surface area (Å²) in [7, 11) is 0. The fourth-order valence-electron chi connectivity index (χ4n) is 5.46. The Morgan fingerprint density at radius 2 is 1.00 bits per heavy atom. The lowest BCUT2D eigenvalue weighted by Gasteiger charge is -2.23. The number of unbranched alkanes of at least 4 members (excludes halogenated alkanes) is 16. The number of imide groups is 1. The third-order valence-corrected chi connectivity index (χ3v) is 8.16. The highest BCUT2D eigenvalue weighted by molar-refractivity contribution is 6.21. The number of rotatable bonds is 28. The molecule has 0 radical (unpaired) electrons. The summed E-state index contributed by atoms with van der Waals surface area (Å²) in [6, 6.07) is 7.03. The number of carbonyl (C=O) groups is 2. The highest BCUT2D eigenvalue weighted by Gasteiger charge is 2.36. The normalized spacial score (nSPS) is 14.0. The van der Waals surface area contributed by atoms with Crippen molar-refractivity contribution in [3.8, 4) is 0 Å². The van der Waals surface area contributed by atoms with Gasteiger partial charge in [0.15, 0.2) is 6.29 Å². The van der Waals surface area contributed by atoms with Gasteiger partial charge in [-0.2, -0.15) is 0 Å². The van der Waals surface area contributed by atoms with E-state index in [-0.39, 0.29) is 18.4 Å². The van der Waals surface area contributed by atoms with Crippen LogP contribution in [0.4, 0.5) is 0 Å². The number of allylic oxidation sites excluding steroid dienone is 4. The molecule has 1 heterocycles. The summed E-state index contributed by atoms with van der Waals surface area (Å²) < 4.78 is 12.2. The Hall–Kier alpha value is -2.24. The lowest BCUT2D eigenvalue weighted by atomic mass is 10.1. The summed E-state index contributed by atoms with van der Waals surface area (Å²) in [6.45, 7) is 5.81. The van der Waals surface area contributed by atoms with Crippen LogP contribution >= 0.6 is 0 Å². The molecule has 0 N–H and O–H groups in total. The second kappa shape index (κ2) is 25.1. The van der Waals surface area contributed by atoms with Gasteiger partial charge in [0, 0.05) is 13.2 Å². The first-order valence-corrected chi connectivity index (χ1v) is 17.7. The third kappa shape index (κ3) is 16.4. The number of fused-ring (bicyclic) bond motifs is 1. The van der Waals surface area contributed by atoms with Gasteiger partial charge in [0.2, 0.25) is 0 Å². The summed E-state index contributed by atoms with van der Waals surface area (Å²) in [4.78, 5) is 27.1. The zero-order valence-electron chi connectivity index (χ0n) is 27.5. The highest BCUT2D eigenvalue weighted by Crippen LogP contribution is 2.23. The average Bonchev–Trinajstić information content (AvgIpc) is 3.26. The molecule has 1 aromatic carbocycles. The Morgan fingerprint density at radius 1 is 0.581 bits per heavy atom. The van der Waals surface area contributed by atoms with Crippen molar-refractivity contribution in [3.63, 3.8) is 0 Å². The van der Waals surface area contributed by atoms with Crippen LogP contribution in [-0.4, -0.2) is 42.8 Å². The molecule has 1 unspecified atom stereocenters. The number of hydrogen-bond donors (Lipinski definition) is 0. The zero-order chi connectivity index (χ0) is 30.8. The van der Waals surface area contributed by atoms with E-state index in [4.69, 9.17) is 9.47 Å². The quantitative estimate of drug-likeness (QED) is 0.0418. The topological polar surface area (TPSA) is 55.8 Å². The molecule has 1 aromatic rings. The molecule has 0 aromatic heterocycles. The van der Waals surface area contributed by atoms with Crippen molar-refractivity contribution in [2.75, 3.05) is 19.8 Å². The van der Waals surface area contributed by atoms with E-state index < -0.39 is 6.29 Å². The SMILES string of the molecule is CCCCC/C=C\C/C=C\CCCCCCCCOC(CN1C(=O)c2ccccc2C1=O)OCCCCCCCCCC. The number of amides is 2. The Balaban J connectivity index is 1.61. The van der Waals surface area contributed by atoms with Gasteiger partial charge in [-0.25, -0.2) is 0 Å². The molecule has 0 saturated carbocycles. The van der Waals surface area contributed by atoms with E-state index in [1.165, 1.54) is 101 Å². The van der Waals surface area contributed by atoms with Gasteiger partial charge in [-0.05, 0) is 57.1 Å². The van der Waals surface area contributed by atoms with Crippen molar-refractivity contribution in [2.24, 2.45) is 0 Å². The van der Waals surface area contributed by atoms with E-state index in [0.717, 1.165) is 32.1 Å². The van der Waals surface area contributed by atoms with E-state index in [2.05, 4.69) is 38.2 Å². The molecule has 0 fully saturated rings. The van der Waals surface area contributed by atoms with Crippen LogP contribution in [0.2, 0.25) is 0 Å². The molecule has 2 rings (SSSR count). The molecule has 0 aliphatic carbocycles. The molecular formula is C38H61NO4. The minimum Gasteiger partial charge on any atom is -0.351 e. The Kier molecular flexibility index (Phi) is 21.6. The molecule has 1 aliphatic heterocycles. The number of ether oxygens (including phenoxy) is 2. The molecule has 0 bridgehead atoms. The van der Waals surface area contributed by atoms with Crippen LogP contribution in [-0.2, 0) is 9.47 Å². The first-order valence-electron chi connectivity index (χ1n) is 17.7. The number of nitrogens with zero attached hydrogens (tertiary/aromatic N) is 1. The van der Waals surface area contributed by atoms with Crippen LogP contribution in [0.25, 0.3) is 0 Å². The maximum Gasteiger partial charge on any atom is 0.261 e. The summed E-state index contributed by atoms with van der Waals surface area (Å²) in [5.41, 5.74) is 0.943. The first kappa shape index (κ1) is 36.9. The van der Waals surface area contributed by atoms with Crippen LogP contribution in [0.3, 0.4) is 0 Å². The summed E-state index contributed by atoms with van der Waals surface area (Å²) in [6.07, 6.45) is 32.9. The first-order chi connectivity index (χ1) is 21.2. The molecule has 5 heteroatoms. The summed E-state index contributed by atoms with van der Waals surface area (Å²) in [5, 5.41) is 0. The number of benzene rings is 1. The van der Waals surface area contributed by atoms with Crippen LogP contribution < -0.4 is 0 Å². The van der Waals surface area contributed by atoms with Crippen LogP contribution in [0.5, 0.6) is 0 Å². The van der Waals surface area contributed by atoms with Crippen molar-refractivity contribution in [2.45, 2.75) is 149 Å². The predicted octanol–water partition coefficient (Wildman–Crippen LogP) is 10.6. The second-order valence-corrected chi connectivity index (χ2v) is 12.0.